The van der Waals surface area contributed by atoms with Crippen molar-refractivity contribution in [3.05, 3.63) is 35.4 Å². The fraction of sp³-hybridized carbons (Fsp3) is 0.625. The second-order valence-corrected chi connectivity index (χ2v) is 6.45. The first-order valence-electron chi connectivity index (χ1n) is 6.90. The van der Waals surface area contributed by atoms with Crippen LogP contribution in [0.15, 0.2) is 24.3 Å². The second kappa shape index (κ2) is 4.67. The molecule has 1 aromatic rings. The van der Waals surface area contributed by atoms with Gasteiger partial charge in [-0.1, -0.05) is 52.0 Å². The normalized spacial score (nSPS) is 27.4. The molecule has 100 valence electrons. The minimum absolute atomic E-state index is 0.138. The Morgan fingerprint density at radius 1 is 1.28 bits per heavy atom. The maximum absolute atomic E-state index is 11.1. The summed E-state index contributed by atoms with van der Waals surface area (Å²) in [6.45, 7) is 10.4. The lowest BCUT2D eigenvalue weighted by Gasteiger charge is -2.47. The molecular formula is C16H25NO. The lowest BCUT2D eigenvalue weighted by atomic mass is 9.67. The quantitative estimate of drug-likeness (QED) is 0.842. The zero-order chi connectivity index (χ0) is 13.4. The Bertz CT molecular complexity index is 425. The van der Waals surface area contributed by atoms with Crippen LogP contribution >= 0.6 is 0 Å². The molecule has 2 N–H and O–H groups in total. The van der Waals surface area contributed by atoms with Crippen molar-refractivity contribution in [2.75, 3.05) is 13.1 Å². The van der Waals surface area contributed by atoms with E-state index in [1.54, 1.807) is 0 Å². The molecule has 1 aliphatic heterocycles. The molecule has 2 heteroatoms. The smallest absolute Gasteiger partial charge is 0.0971 e. The molecule has 1 fully saturated rings. The van der Waals surface area contributed by atoms with E-state index in [0.29, 0.717) is 5.92 Å². The summed E-state index contributed by atoms with van der Waals surface area (Å²) in [5, 5.41) is 14.5. The molecule has 0 saturated carbocycles. The van der Waals surface area contributed by atoms with Crippen molar-refractivity contribution in [1.82, 2.24) is 5.32 Å². The van der Waals surface area contributed by atoms with E-state index >= 15 is 0 Å². The van der Waals surface area contributed by atoms with Crippen molar-refractivity contribution in [3.8, 4) is 0 Å². The van der Waals surface area contributed by atoms with Gasteiger partial charge in [-0.05, 0) is 30.0 Å². The Morgan fingerprint density at radius 3 is 2.61 bits per heavy atom. The van der Waals surface area contributed by atoms with Crippen LogP contribution in [0.2, 0.25) is 0 Å². The molecule has 1 aromatic carbocycles. The maximum atomic E-state index is 11.1. The molecule has 0 spiro atoms. The molecule has 0 radical (unpaired) electrons. The highest BCUT2D eigenvalue weighted by atomic mass is 16.3. The molecule has 0 amide bonds. The van der Waals surface area contributed by atoms with Gasteiger partial charge in [0.15, 0.2) is 0 Å². The molecular weight excluding hydrogens is 222 g/mol. The van der Waals surface area contributed by atoms with Gasteiger partial charge >= 0.3 is 0 Å². The Hall–Kier alpha value is -0.860. The summed E-state index contributed by atoms with van der Waals surface area (Å²) in [5.41, 5.74) is 1.51. The number of hydrogen-bond donors (Lipinski definition) is 2. The van der Waals surface area contributed by atoms with Gasteiger partial charge in [-0.2, -0.15) is 0 Å². The standard InChI is InChI=1S/C16H25NO/c1-12(2)13-6-5-7-14(10-13)16(18)8-9-17-11-15(16,3)4/h5-7,10,12,17-18H,8-9,11H2,1-4H3. The number of hydrogen-bond acceptors (Lipinski definition) is 2. The van der Waals surface area contributed by atoms with Crippen molar-refractivity contribution in [2.45, 2.75) is 45.6 Å². The van der Waals surface area contributed by atoms with E-state index in [1.807, 2.05) is 0 Å². The van der Waals surface area contributed by atoms with Crippen molar-refractivity contribution < 1.29 is 5.11 Å². The van der Waals surface area contributed by atoms with Crippen LogP contribution in [0.5, 0.6) is 0 Å². The predicted octanol–water partition coefficient (Wildman–Crippen LogP) is 3.02. The van der Waals surface area contributed by atoms with Crippen LogP contribution in [0.1, 0.15) is 51.2 Å². The van der Waals surface area contributed by atoms with Gasteiger partial charge in [-0.25, -0.2) is 0 Å². The maximum Gasteiger partial charge on any atom is 0.0971 e. The summed E-state index contributed by atoms with van der Waals surface area (Å²) in [6, 6.07) is 8.46. The number of benzene rings is 1. The zero-order valence-electron chi connectivity index (χ0n) is 12.0. The van der Waals surface area contributed by atoms with Crippen molar-refractivity contribution in [3.63, 3.8) is 0 Å². The minimum atomic E-state index is -0.719. The molecule has 1 atom stereocenters. The topological polar surface area (TPSA) is 32.3 Å². The second-order valence-electron chi connectivity index (χ2n) is 6.45. The van der Waals surface area contributed by atoms with Crippen molar-refractivity contribution in [2.24, 2.45) is 5.41 Å². The molecule has 2 rings (SSSR count). The van der Waals surface area contributed by atoms with Gasteiger partial charge in [0.25, 0.3) is 0 Å². The predicted molar refractivity (Wildman–Crippen MR) is 75.7 cm³/mol. The Kier molecular flexibility index (Phi) is 3.52. The summed E-state index contributed by atoms with van der Waals surface area (Å²) < 4.78 is 0. The highest BCUT2D eigenvalue weighted by Gasteiger charge is 2.46. The summed E-state index contributed by atoms with van der Waals surface area (Å²) in [6.07, 6.45) is 0.779. The Labute approximate surface area is 110 Å². The average Bonchev–Trinajstić information content (AvgIpc) is 2.33. The molecule has 0 bridgehead atoms. The average molecular weight is 247 g/mol. The molecule has 2 nitrogen and oxygen atoms in total. The highest BCUT2D eigenvalue weighted by Crippen LogP contribution is 2.44. The number of piperidine rings is 1. The zero-order valence-corrected chi connectivity index (χ0v) is 12.0. The third-order valence-corrected chi connectivity index (χ3v) is 4.38. The van der Waals surface area contributed by atoms with Crippen LogP contribution in [0.4, 0.5) is 0 Å². The van der Waals surface area contributed by atoms with E-state index in [1.165, 1.54) is 5.56 Å². The third-order valence-electron chi connectivity index (χ3n) is 4.38. The van der Waals surface area contributed by atoms with E-state index in [9.17, 15) is 5.11 Å². The van der Waals surface area contributed by atoms with Gasteiger partial charge in [-0.3, -0.25) is 0 Å². The highest BCUT2D eigenvalue weighted by molar-refractivity contribution is 5.32. The molecule has 1 unspecified atom stereocenters. The minimum Gasteiger partial charge on any atom is -0.385 e. The third kappa shape index (κ3) is 2.19. The van der Waals surface area contributed by atoms with Gasteiger partial charge in [0, 0.05) is 12.0 Å². The van der Waals surface area contributed by atoms with E-state index in [0.717, 1.165) is 25.1 Å². The van der Waals surface area contributed by atoms with Gasteiger partial charge in [0.1, 0.15) is 0 Å². The fourth-order valence-electron chi connectivity index (χ4n) is 2.84. The summed E-state index contributed by atoms with van der Waals surface area (Å²) in [7, 11) is 0. The lowest BCUT2D eigenvalue weighted by Crippen LogP contribution is -2.53. The first kappa shape index (κ1) is 13.6. The van der Waals surface area contributed by atoms with Gasteiger partial charge in [0.2, 0.25) is 0 Å². The molecule has 18 heavy (non-hydrogen) atoms. The first-order valence-corrected chi connectivity index (χ1v) is 6.90. The summed E-state index contributed by atoms with van der Waals surface area (Å²) in [5.74, 6) is 0.498. The summed E-state index contributed by atoms with van der Waals surface area (Å²) in [4.78, 5) is 0. The van der Waals surface area contributed by atoms with Gasteiger partial charge in [-0.15, -0.1) is 0 Å². The van der Waals surface area contributed by atoms with E-state index in [4.69, 9.17) is 0 Å². The first-order chi connectivity index (χ1) is 8.37. The largest absolute Gasteiger partial charge is 0.385 e. The van der Waals surface area contributed by atoms with Crippen LogP contribution in [-0.2, 0) is 5.60 Å². The SMILES string of the molecule is CC(C)c1cccc(C2(O)CCNCC2(C)C)c1. The monoisotopic (exact) mass is 247 g/mol. The molecule has 1 heterocycles. The Morgan fingerprint density at radius 2 is 2.00 bits per heavy atom. The van der Waals surface area contributed by atoms with Gasteiger partial charge < -0.3 is 10.4 Å². The van der Waals surface area contributed by atoms with Crippen molar-refractivity contribution in [1.29, 1.82) is 0 Å². The van der Waals surface area contributed by atoms with E-state index < -0.39 is 5.60 Å². The molecule has 0 aliphatic carbocycles. The van der Waals surface area contributed by atoms with Crippen LogP contribution < -0.4 is 5.32 Å². The van der Waals surface area contributed by atoms with Crippen LogP contribution in [0.3, 0.4) is 0 Å². The van der Waals surface area contributed by atoms with Gasteiger partial charge in [0.05, 0.1) is 5.60 Å². The fourth-order valence-corrected chi connectivity index (χ4v) is 2.84. The number of rotatable bonds is 2. The number of nitrogens with one attached hydrogen (secondary N) is 1. The van der Waals surface area contributed by atoms with Crippen LogP contribution in [0, 0.1) is 5.41 Å². The summed E-state index contributed by atoms with van der Waals surface area (Å²) >= 11 is 0. The van der Waals surface area contributed by atoms with E-state index in [-0.39, 0.29) is 5.41 Å². The van der Waals surface area contributed by atoms with Crippen LogP contribution in [-0.4, -0.2) is 18.2 Å². The molecule has 1 saturated heterocycles. The van der Waals surface area contributed by atoms with Crippen LogP contribution in [0.25, 0.3) is 0 Å². The van der Waals surface area contributed by atoms with Crippen molar-refractivity contribution >= 4 is 0 Å². The molecule has 0 aromatic heterocycles. The lowest BCUT2D eigenvalue weighted by molar-refractivity contribution is -0.0945. The Balaban J connectivity index is 2.42. The molecule has 1 aliphatic rings. The number of aliphatic hydroxyl groups is 1. The van der Waals surface area contributed by atoms with E-state index in [2.05, 4.69) is 57.3 Å².